The van der Waals surface area contributed by atoms with Gasteiger partial charge in [0.25, 0.3) is 0 Å². The van der Waals surface area contributed by atoms with E-state index in [4.69, 9.17) is 15.2 Å². The second-order valence-corrected chi connectivity index (χ2v) is 4.29. The fourth-order valence-electron chi connectivity index (χ4n) is 2.07. The Morgan fingerprint density at radius 2 is 1.89 bits per heavy atom. The summed E-state index contributed by atoms with van der Waals surface area (Å²) in [4.78, 5) is 0. The topological polar surface area (TPSA) is 84.9 Å². The third kappa shape index (κ3) is 2.88. The van der Waals surface area contributed by atoms with Crippen LogP contribution in [-0.4, -0.2) is 36.1 Å². The molecule has 0 radical (unpaired) electrons. The van der Waals surface area contributed by atoms with E-state index in [2.05, 4.69) is 0 Å². The summed E-state index contributed by atoms with van der Waals surface area (Å²) in [6.45, 7) is 1.41. The lowest BCUT2D eigenvalue weighted by atomic mass is 9.97. The molecule has 2 unspecified atom stereocenters. The molecule has 0 saturated carbocycles. The molecule has 2 rings (SSSR count). The normalized spacial score (nSPS) is 19.9. The van der Waals surface area contributed by atoms with Gasteiger partial charge in [0.2, 0.25) is 0 Å². The number of aliphatic hydroxyl groups is 2. The van der Waals surface area contributed by atoms with Crippen molar-refractivity contribution in [1.82, 2.24) is 0 Å². The molecule has 2 atom stereocenters. The number of hydrogen-bond acceptors (Lipinski definition) is 5. The van der Waals surface area contributed by atoms with Gasteiger partial charge in [0.15, 0.2) is 6.29 Å². The van der Waals surface area contributed by atoms with E-state index in [1.807, 2.05) is 18.2 Å². The minimum Gasteiger partial charge on any atom is -0.390 e. The van der Waals surface area contributed by atoms with Gasteiger partial charge in [0.1, 0.15) is 6.10 Å². The zero-order valence-electron chi connectivity index (χ0n) is 10.2. The molecule has 1 heterocycles. The van der Waals surface area contributed by atoms with E-state index in [1.165, 1.54) is 0 Å². The first-order chi connectivity index (χ1) is 8.74. The Morgan fingerprint density at radius 3 is 2.56 bits per heavy atom. The average molecular weight is 253 g/mol. The number of rotatable bonds is 5. The monoisotopic (exact) mass is 253 g/mol. The maximum Gasteiger partial charge on any atom is 0.184 e. The van der Waals surface area contributed by atoms with E-state index in [9.17, 15) is 10.2 Å². The fraction of sp³-hybridized carbons (Fsp3) is 0.538. The summed E-state index contributed by atoms with van der Waals surface area (Å²) in [5.74, 6) is 0. The van der Waals surface area contributed by atoms with Gasteiger partial charge in [-0.1, -0.05) is 24.3 Å². The first-order valence-electron chi connectivity index (χ1n) is 6.12. The van der Waals surface area contributed by atoms with Crippen molar-refractivity contribution in [3.63, 3.8) is 0 Å². The van der Waals surface area contributed by atoms with E-state index < -0.39 is 18.5 Å². The van der Waals surface area contributed by atoms with Crippen LogP contribution < -0.4 is 5.73 Å². The SMILES string of the molecule is NCCC(O)C(O)c1ccccc1C1OCCO1. The second-order valence-electron chi connectivity index (χ2n) is 4.29. The lowest BCUT2D eigenvalue weighted by Crippen LogP contribution is -2.23. The van der Waals surface area contributed by atoms with Crippen LogP contribution in [0.3, 0.4) is 0 Å². The molecule has 1 fully saturated rings. The molecule has 1 aromatic carbocycles. The van der Waals surface area contributed by atoms with Gasteiger partial charge in [-0.2, -0.15) is 0 Å². The highest BCUT2D eigenvalue weighted by molar-refractivity contribution is 5.31. The summed E-state index contributed by atoms with van der Waals surface area (Å²) in [7, 11) is 0. The van der Waals surface area contributed by atoms with Gasteiger partial charge in [-0.25, -0.2) is 0 Å². The van der Waals surface area contributed by atoms with Crippen LogP contribution >= 0.6 is 0 Å². The predicted octanol–water partition coefficient (Wildman–Crippen LogP) is 0.475. The summed E-state index contributed by atoms with van der Waals surface area (Å²) in [5.41, 5.74) is 6.78. The summed E-state index contributed by atoms with van der Waals surface area (Å²) in [6, 6.07) is 7.27. The summed E-state index contributed by atoms with van der Waals surface area (Å²) in [6.07, 6.45) is -1.96. The predicted molar refractivity (Wildman–Crippen MR) is 65.7 cm³/mol. The van der Waals surface area contributed by atoms with Crippen LogP contribution in [0.1, 0.15) is 29.9 Å². The molecular formula is C13H19NO4. The van der Waals surface area contributed by atoms with Gasteiger partial charge >= 0.3 is 0 Å². The second kappa shape index (κ2) is 6.26. The molecule has 1 aliphatic heterocycles. The molecule has 0 aromatic heterocycles. The highest BCUT2D eigenvalue weighted by atomic mass is 16.7. The van der Waals surface area contributed by atoms with Crippen molar-refractivity contribution in [1.29, 1.82) is 0 Å². The van der Waals surface area contributed by atoms with Crippen molar-refractivity contribution in [2.75, 3.05) is 19.8 Å². The van der Waals surface area contributed by atoms with Gasteiger partial charge in [0.05, 0.1) is 19.3 Å². The average Bonchev–Trinajstić information content (AvgIpc) is 2.92. The molecular weight excluding hydrogens is 234 g/mol. The number of ether oxygens (including phenoxy) is 2. The van der Waals surface area contributed by atoms with Crippen LogP contribution in [0, 0.1) is 0 Å². The van der Waals surface area contributed by atoms with Gasteiger partial charge in [0, 0.05) is 5.56 Å². The maximum atomic E-state index is 10.1. The van der Waals surface area contributed by atoms with Crippen LogP contribution in [-0.2, 0) is 9.47 Å². The van der Waals surface area contributed by atoms with Gasteiger partial charge < -0.3 is 25.4 Å². The highest BCUT2D eigenvalue weighted by Crippen LogP contribution is 2.31. The molecule has 0 amide bonds. The van der Waals surface area contributed by atoms with Gasteiger partial charge in [-0.3, -0.25) is 0 Å². The Hall–Kier alpha value is -0.980. The molecule has 100 valence electrons. The van der Waals surface area contributed by atoms with Gasteiger partial charge in [-0.15, -0.1) is 0 Å². The van der Waals surface area contributed by atoms with E-state index in [-0.39, 0.29) is 0 Å². The Balaban J connectivity index is 2.20. The molecule has 5 nitrogen and oxygen atoms in total. The van der Waals surface area contributed by atoms with Crippen molar-refractivity contribution in [3.8, 4) is 0 Å². The third-order valence-electron chi connectivity index (χ3n) is 3.02. The van der Waals surface area contributed by atoms with E-state index in [0.717, 1.165) is 5.56 Å². The molecule has 0 aliphatic carbocycles. The van der Waals surface area contributed by atoms with Crippen LogP contribution in [0.2, 0.25) is 0 Å². The van der Waals surface area contributed by atoms with Crippen LogP contribution in [0.15, 0.2) is 24.3 Å². The van der Waals surface area contributed by atoms with Crippen LogP contribution in [0.25, 0.3) is 0 Å². The Bertz CT molecular complexity index is 379. The Kier molecular flexibility index (Phi) is 4.68. The fourth-order valence-corrected chi connectivity index (χ4v) is 2.07. The quantitative estimate of drug-likeness (QED) is 0.710. The van der Waals surface area contributed by atoms with Crippen molar-refractivity contribution < 1.29 is 19.7 Å². The number of benzene rings is 1. The van der Waals surface area contributed by atoms with Crippen molar-refractivity contribution >= 4 is 0 Å². The molecule has 0 spiro atoms. The standard InChI is InChI=1S/C13H19NO4/c14-6-5-11(15)12(16)9-3-1-2-4-10(9)13-17-7-8-18-13/h1-4,11-13,15-16H,5-8,14H2. The molecule has 1 aliphatic rings. The molecule has 4 N–H and O–H groups in total. The highest BCUT2D eigenvalue weighted by Gasteiger charge is 2.26. The van der Waals surface area contributed by atoms with E-state index >= 15 is 0 Å². The third-order valence-corrected chi connectivity index (χ3v) is 3.02. The van der Waals surface area contributed by atoms with E-state index in [1.54, 1.807) is 6.07 Å². The largest absolute Gasteiger partial charge is 0.390 e. The van der Waals surface area contributed by atoms with Crippen molar-refractivity contribution in [3.05, 3.63) is 35.4 Å². The number of hydrogen-bond donors (Lipinski definition) is 3. The zero-order chi connectivity index (χ0) is 13.0. The number of nitrogens with two attached hydrogens (primary N) is 1. The first kappa shape index (κ1) is 13.5. The molecule has 5 heteroatoms. The summed E-state index contributed by atoms with van der Waals surface area (Å²) >= 11 is 0. The Morgan fingerprint density at radius 1 is 1.22 bits per heavy atom. The molecule has 0 bridgehead atoms. The van der Waals surface area contributed by atoms with E-state index in [0.29, 0.717) is 31.7 Å². The number of aliphatic hydroxyl groups excluding tert-OH is 2. The molecule has 18 heavy (non-hydrogen) atoms. The van der Waals surface area contributed by atoms with Crippen molar-refractivity contribution in [2.24, 2.45) is 5.73 Å². The van der Waals surface area contributed by atoms with Crippen molar-refractivity contribution in [2.45, 2.75) is 24.9 Å². The molecule has 1 saturated heterocycles. The minimum absolute atomic E-state index is 0.330. The lowest BCUT2D eigenvalue weighted by molar-refractivity contribution is -0.0487. The first-order valence-corrected chi connectivity index (χ1v) is 6.12. The zero-order valence-corrected chi connectivity index (χ0v) is 10.2. The van der Waals surface area contributed by atoms with Crippen LogP contribution in [0.4, 0.5) is 0 Å². The minimum atomic E-state index is -0.974. The maximum absolute atomic E-state index is 10.1. The smallest absolute Gasteiger partial charge is 0.184 e. The summed E-state index contributed by atoms with van der Waals surface area (Å²) < 4.78 is 10.9. The summed E-state index contributed by atoms with van der Waals surface area (Å²) in [5, 5.41) is 20.0. The Labute approximate surface area is 106 Å². The van der Waals surface area contributed by atoms with Crippen LogP contribution in [0.5, 0.6) is 0 Å². The lowest BCUT2D eigenvalue weighted by Gasteiger charge is -2.22. The van der Waals surface area contributed by atoms with Gasteiger partial charge in [-0.05, 0) is 18.5 Å². The molecule has 1 aromatic rings.